The molecule has 0 bridgehead atoms. The molecule has 0 aliphatic rings. The number of nitrogens with zero attached hydrogens (tertiary/aromatic N) is 2. The van der Waals surface area contributed by atoms with Crippen LogP contribution in [0.5, 0.6) is 0 Å². The van der Waals surface area contributed by atoms with Crippen LogP contribution in [0.3, 0.4) is 0 Å². The average molecular weight is 417 g/mol. The zero-order valence-electron chi connectivity index (χ0n) is 17.3. The Bertz CT molecular complexity index is 1040. The van der Waals surface area contributed by atoms with Crippen molar-refractivity contribution in [3.63, 3.8) is 0 Å². The minimum absolute atomic E-state index is 0.104. The second-order valence-electron chi connectivity index (χ2n) is 7.60. The van der Waals surface area contributed by atoms with E-state index in [2.05, 4.69) is 66.6 Å². The fourth-order valence-corrected chi connectivity index (χ4v) is 4.83. The standard InChI is InChI=1S/C25H25N3OS/c1-27(17-23-26-21-15-9-10-16-22(21)30-23)24(29)18-28(2)25(19-11-5-3-6-12-19)20-13-7-4-8-14-20/h3-16,25H,17-18H2,1-2H3/p+1. The molecule has 0 aliphatic carbocycles. The van der Waals surface area contributed by atoms with Crippen molar-refractivity contribution in [1.29, 1.82) is 0 Å². The van der Waals surface area contributed by atoms with Crippen LogP contribution in [-0.2, 0) is 11.3 Å². The number of likely N-dealkylation sites (N-methyl/N-ethyl adjacent to an activating group) is 2. The molecule has 4 nitrogen and oxygen atoms in total. The van der Waals surface area contributed by atoms with E-state index in [4.69, 9.17) is 0 Å². The molecule has 30 heavy (non-hydrogen) atoms. The van der Waals surface area contributed by atoms with Crippen molar-refractivity contribution < 1.29 is 9.69 Å². The van der Waals surface area contributed by atoms with Crippen LogP contribution in [0.1, 0.15) is 22.2 Å². The maximum atomic E-state index is 13.0. The van der Waals surface area contributed by atoms with E-state index < -0.39 is 0 Å². The van der Waals surface area contributed by atoms with Gasteiger partial charge in [-0.25, -0.2) is 4.98 Å². The summed E-state index contributed by atoms with van der Waals surface area (Å²) in [6.07, 6.45) is 0. The van der Waals surface area contributed by atoms with Crippen molar-refractivity contribution in [1.82, 2.24) is 9.88 Å². The smallest absolute Gasteiger partial charge is 0.277 e. The van der Waals surface area contributed by atoms with Crippen molar-refractivity contribution in [3.05, 3.63) is 101 Å². The second-order valence-corrected chi connectivity index (χ2v) is 8.72. The molecule has 1 heterocycles. The van der Waals surface area contributed by atoms with Crippen molar-refractivity contribution in [2.45, 2.75) is 12.6 Å². The average Bonchev–Trinajstić information content (AvgIpc) is 3.17. The number of nitrogens with one attached hydrogen (secondary N) is 1. The molecule has 1 N–H and O–H groups in total. The number of benzene rings is 3. The van der Waals surface area contributed by atoms with E-state index in [1.54, 1.807) is 16.2 Å². The Kier molecular flexibility index (Phi) is 6.21. The highest BCUT2D eigenvalue weighted by Gasteiger charge is 2.26. The topological polar surface area (TPSA) is 37.6 Å². The summed E-state index contributed by atoms with van der Waals surface area (Å²) >= 11 is 1.65. The van der Waals surface area contributed by atoms with Gasteiger partial charge in [-0.15, -0.1) is 11.3 Å². The monoisotopic (exact) mass is 416 g/mol. The molecule has 0 saturated heterocycles. The third kappa shape index (κ3) is 4.58. The maximum Gasteiger partial charge on any atom is 0.277 e. The van der Waals surface area contributed by atoms with Gasteiger partial charge in [-0.3, -0.25) is 4.79 Å². The van der Waals surface area contributed by atoms with Gasteiger partial charge in [0.2, 0.25) is 0 Å². The summed E-state index contributed by atoms with van der Waals surface area (Å²) in [4.78, 5) is 20.6. The number of rotatable bonds is 7. The quantitative estimate of drug-likeness (QED) is 0.500. The fraction of sp³-hybridized carbons (Fsp3) is 0.200. The van der Waals surface area contributed by atoms with Crippen LogP contribution in [0.2, 0.25) is 0 Å². The van der Waals surface area contributed by atoms with Crippen molar-refractivity contribution in [2.75, 3.05) is 20.6 Å². The molecule has 4 rings (SSSR count). The number of hydrogen-bond acceptors (Lipinski definition) is 3. The van der Waals surface area contributed by atoms with Gasteiger partial charge >= 0.3 is 0 Å². The minimum Gasteiger partial charge on any atom is -0.334 e. The normalized spacial score (nSPS) is 12.2. The van der Waals surface area contributed by atoms with Crippen LogP contribution >= 0.6 is 11.3 Å². The summed E-state index contributed by atoms with van der Waals surface area (Å²) in [5, 5.41) is 0.965. The summed E-state index contributed by atoms with van der Waals surface area (Å²) in [7, 11) is 3.95. The lowest BCUT2D eigenvalue weighted by Crippen LogP contribution is -3.10. The van der Waals surface area contributed by atoms with E-state index in [1.165, 1.54) is 11.1 Å². The highest BCUT2D eigenvalue weighted by Crippen LogP contribution is 2.22. The summed E-state index contributed by atoms with van der Waals surface area (Å²) in [6.45, 7) is 0.947. The van der Waals surface area contributed by atoms with Gasteiger partial charge in [0.1, 0.15) is 11.0 Å². The number of carbonyl (C=O) groups is 1. The highest BCUT2D eigenvalue weighted by atomic mass is 32.1. The number of para-hydroxylation sites is 1. The summed E-state index contributed by atoms with van der Waals surface area (Å²) in [6, 6.07) is 29.0. The summed E-state index contributed by atoms with van der Waals surface area (Å²) in [5.74, 6) is 0.114. The molecule has 3 aromatic carbocycles. The second kappa shape index (κ2) is 9.20. The van der Waals surface area contributed by atoms with Gasteiger partial charge in [0.05, 0.1) is 23.8 Å². The van der Waals surface area contributed by atoms with E-state index in [1.807, 2.05) is 37.4 Å². The molecule has 1 atom stereocenters. The third-order valence-electron chi connectivity index (χ3n) is 5.33. The van der Waals surface area contributed by atoms with Crippen LogP contribution in [0.4, 0.5) is 0 Å². The zero-order valence-corrected chi connectivity index (χ0v) is 18.1. The molecule has 0 radical (unpaired) electrons. The molecule has 4 aromatic rings. The molecule has 1 amide bonds. The van der Waals surface area contributed by atoms with Crippen LogP contribution < -0.4 is 4.90 Å². The minimum atomic E-state index is 0.104. The highest BCUT2D eigenvalue weighted by molar-refractivity contribution is 7.18. The molecule has 5 heteroatoms. The Hall–Kier alpha value is -3.02. The first-order valence-electron chi connectivity index (χ1n) is 10.1. The van der Waals surface area contributed by atoms with Crippen LogP contribution in [0.25, 0.3) is 10.2 Å². The first kappa shape index (κ1) is 20.3. The number of amides is 1. The molecular weight excluding hydrogens is 390 g/mol. The number of fused-ring (bicyclic) bond motifs is 1. The third-order valence-corrected chi connectivity index (χ3v) is 6.35. The van der Waals surface area contributed by atoms with Gasteiger partial charge in [0.25, 0.3) is 5.91 Å². The van der Waals surface area contributed by atoms with E-state index >= 15 is 0 Å². The predicted octanol–water partition coefficient (Wildman–Crippen LogP) is 3.56. The number of quaternary nitrogens is 1. The van der Waals surface area contributed by atoms with E-state index in [0.29, 0.717) is 13.1 Å². The zero-order chi connectivity index (χ0) is 20.9. The van der Waals surface area contributed by atoms with E-state index in [-0.39, 0.29) is 11.9 Å². The van der Waals surface area contributed by atoms with Gasteiger partial charge in [-0.05, 0) is 12.1 Å². The maximum absolute atomic E-state index is 13.0. The Balaban J connectivity index is 1.48. The molecule has 1 aromatic heterocycles. The van der Waals surface area contributed by atoms with Crippen molar-refractivity contribution >= 4 is 27.5 Å². The Morgan fingerprint density at radius 1 is 0.933 bits per heavy atom. The van der Waals surface area contributed by atoms with Gasteiger partial charge in [-0.2, -0.15) is 0 Å². The molecule has 152 valence electrons. The van der Waals surface area contributed by atoms with Crippen LogP contribution in [0, 0.1) is 0 Å². The van der Waals surface area contributed by atoms with Crippen LogP contribution in [-0.4, -0.2) is 36.4 Å². The largest absolute Gasteiger partial charge is 0.334 e. The predicted molar refractivity (Wildman–Crippen MR) is 123 cm³/mol. The van der Waals surface area contributed by atoms with Gasteiger partial charge in [-0.1, -0.05) is 72.8 Å². The fourth-order valence-electron chi connectivity index (χ4n) is 3.81. The lowest BCUT2D eigenvalue weighted by molar-refractivity contribution is -0.898. The molecule has 0 aliphatic heterocycles. The first-order valence-corrected chi connectivity index (χ1v) is 10.9. The van der Waals surface area contributed by atoms with E-state index in [0.717, 1.165) is 20.1 Å². The molecule has 0 spiro atoms. The molecule has 1 unspecified atom stereocenters. The SMILES string of the molecule is CN(Cc1nc2ccccc2s1)C(=O)C[NH+](C)C(c1ccccc1)c1ccccc1. The molecule has 0 fully saturated rings. The number of aromatic nitrogens is 1. The first-order chi connectivity index (χ1) is 14.6. The van der Waals surface area contributed by atoms with E-state index in [9.17, 15) is 4.79 Å². The van der Waals surface area contributed by atoms with Gasteiger partial charge in [0, 0.05) is 18.2 Å². The van der Waals surface area contributed by atoms with Crippen LogP contribution in [0.15, 0.2) is 84.9 Å². The lowest BCUT2D eigenvalue weighted by atomic mass is 9.97. The number of thiazole rings is 1. The summed E-state index contributed by atoms with van der Waals surface area (Å²) < 4.78 is 1.16. The molecular formula is C25H26N3OS+. The Labute approximate surface area is 181 Å². The van der Waals surface area contributed by atoms with Gasteiger partial charge in [0.15, 0.2) is 6.54 Å². The number of carbonyl (C=O) groups excluding carboxylic acids is 1. The number of hydrogen-bond donors (Lipinski definition) is 1. The Morgan fingerprint density at radius 3 is 2.10 bits per heavy atom. The lowest BCUT2D eigenvalue weighted by Gasteiger charge is -2.27. The summed E-state index contributed by atoms with van der Waals surface area (Å²) in [5.41, 5.74) is 3.42. The van der Waals surface area contributed by atoms with Crippen molar-refractivity contribution in [2.24, 2.45) is 0 Å². The Morgan fingerprint density at radius 2 is 1.50 bits per heavy atom. The van der Waals surface area contributed by atoms with Gasteiger partial charge < -0.3 is 9.80 Å². The van der Waals surface area contributed by atoms with Crippen molar-refractivity contribution in [3.8, 4) is 0 Å². The molecule has 0 saturated carbocycles.